The summed E-state index contributed by atoms with van der Waals surface area (Å²) in [5, 5.41) is 12.4. The van der Waals surface area contributed by atoms with Crippen molar-refractivity contribution < 1.29 is 9.90 Å². The summed E-state index contributed by atoms with van der Waals surface area (Å²) in [6.45, 7) is 0. The van der Waals surface area contributed by atoms with Crippen molar-refractivity contribution in [3.05, 3.63) is 82.9 Å². The molecule has 0 aliphatic heterocycles. The Bertz CT molecular complexity index is 987. The molecule has 0 spiro atoms. The lowest BCUT2D eigenvalue weighted by atomic mass is 9.86. The zero-order valence-electron chi connectivity index (χ0n) is 12.4. The summed E-state index contributed by atoms with van der Waals surface area (Å²) in [7, 11) is 0. The molecule has 0 saturated carbocycles. The van der Waals surface area contributed by atoms with E-state index in [1.54, 1.807) is 18.2 Å². The van der Waals surface area contributed by atoms with Gasteiger partial charge in [-0.1, -0.05) is 60.7 Å². The van der Waals surface area contributed by atoms with Gasteiger partial charge >= 0.3 is 0 Å². The van der Waals surface area contributed by atoms with E-state index in [0.717, 1.165) is 21.8 Å². The number of carbonyl (C=O) groups excluding carboxylic acids is 1. The molecule has 1 unspecified atom stereocenters. The SMILES string of the molecule is O=C1C=c2cc(-c3ccccc3)[nH]c2=CC1(O)c1ccccc1. The van der Waals surface area contributed by atoms with E-state index < -0.39 is 5.60 Å². The number of rotatable bonds is 2. The highest BCUT2D eigenvalue weighted by molar-refractivity contribution is 6.15. The van der Waals surface area contributed by atoms with Crippen molar-refractivity contribution >= 4 is 17.9 Å². The highest BCUT2D eigenvalue weighted by Crippen LogP contribution is 2.26. The van der Waals surface area contributed by atoms with E-state index in [1.165, 1.54) is 6.08 Å². The number of benzene rings is 2. The topological polar surface area (TPSA) is 53.1 Å². The Hall–Kier alpha value is -2.91. The van der Waals surface area contributed by atoms with Gasteiger partial charge in [0.15, 0.2) is 11.4 Å². The zero-order chi connectivity index (χ0) is 15.9. The molecular weight excluding hydrogens is 286 g/mol. The molecular formula is C20H15NO2. The fraction of sp³-hybridized carbons (Fsp3) is 0.0500. The molecule has 2 N–H and O–H groups in total. The van der Waals surface area contributed by atoms with Crippen LogP contribution in [0.2, 0.25) is 0 Å². The smallest absolute Gasteiger partial charge is 0.196 e. The Morgan fingerprint density at radius 1 is 0.913 bits per heavy atom. The van der Waals surface area contributed by atoms with Crippen molar-refractivity contribution in [2.24, 2.45) is 0 Å². The van der Waals surface area contributed by atoms with Crippen molar-refractivity contribution in [3.8, 4) is 11.3 Å². The molecule has 0 radical (unpaired) electrons. The van der Waals surface area contributed by atoms with Crippen molar-refractivity contribution in [2.45, 2.75) is 5.60 Å². The molecule has 3 heteroatoms. The van der Waals surface area contributed by atoms with Gasteiger partial charge in [0.1, 0.15) is 0 Å². The Morgan fingerprint density at radius 3 is 2.26 bits per heavy atom. The quantitative estimate of drug-likeness (QED) is 0.757. The Balaban J connectivity index is 1.89. The highest BCUT2D eigenvalue weighted by atomic mass is 16.3. The van der Waals surface area contributed by atoms with Crippen LogP contribution in [0.1, 0.15) is 5.56 Å². The maximum Gasteiger partial charge on any atom is 0.196 e. The van der Waals surface area contributed by atoms with Crippen LogP contribution in [0.4, 0.5) is 0 Å². The Kier molecular flexibility index (Phi) is 3.03. The second-order valence-corrected chi connectivity index (χ2v) is 5.70. The minimum absolute atomic E-state index is 0.324. The van der Waals surface area contributed by atoms with Gasteiger partial charge in [-0.25, -0.2) is 0 Å². The van der Waals surface area contributed by atoms with E-state index in [9.17, 15) is 9.90 Å². The van der Waals surface area contributed by atoms with E-state index in [1.807, 2.05) is 54.6 Å². The van der Waals surface area contributed by atoms with Gasteiger partial charge in [-0.15, -0.1) is 0 Å². The molecule has 1 atom stereocenters. The average Bonchev–Trinajstić information content (AvgIpc) is 2.99. The number of H-pyrrole nitrogens is 1. The van der Waals surface area contributed by atoms with Gasteiger partial charge in [-0.2, -0.15) is 0 Å². The monoisotopic (exact) mass is 301 g/mol. The number of hydrogen-bond donors (Lipinski definition) is 2. The van der Waals surface area contributed by atoms with Crippen LogP contribution in [0, 0.1) is 0 Å². The molecule has 3 aromatic rings. The standard InChI is InChI=1S/C20H15NO2/c22-19-12-15-11-17(14-7-3-1-4-8-14)21-18(15)13-20(19,23)16-9-5-2-6-10-16/h1-13,21,23H. The number of fused-ring (bicyclic) bond motifs is 1. The first-order chi connectivity index (χ1) is 11.2. The van der Waals surface area contributed by atoms with Crippen molar-refractivity contribution in [3.63, 3.8) is 0 Å². The van der Waals surface area contributed by atoms with Gasteiger partial charge in [0.05, 0.1) is 0 Å². The summed E-state index contributed by atoms with van der Waals surface area (Å²) in [6, 6.07) is 20.8. The molecule has 112 valence electrons. The summed E-state index contributed by atoms with van der Waals surface area (Å²) in [4.78, 5) is 15.8. The first-order valence-electron chi connectivity index (χ1n) is 7.48. The van der Waals surface area contributed by atoms with Crippen LogP contribution in [0.15, 0.2) is 66.7 Å². The molecule has 1 heterocycles. The van der Waals surface area contributed by atoms with Crippen molar-refractivity contribution in [1.29, 1.82) is 0 Å². The zero-order valence-corrected chi connectivity index (χ0v) is 12.4. The minimum Gasteiger partial charge on any atom is -0.373 e. The number of aromatic nitrogens is 1. The molecule has 23 heavy (non-hydrogen) atoms. The number of carbonyl (C=O) groups is 1. The molecule has 0 saturated heterocycles. The lowest BCUT2D eigenvalue weighted by Gasteiger charge is -2.23. The van der Waals surface area contributed by atoms with Crippen molar-refractivity contribution in [1.82, 2.24) is 4.98 Å². The molecule has 1 aromatic heterocycles. The van der Waals surface area contributed by atoms with Crippen LogP contribution in [-0.4, -0.2) is 15.9 Å². The predicted octanol–water partition coefficient (Wildman–Crippen LogP) is 1.71. The first-order valence-corrected chi connectivity index (χ1v) is 7.48. The minimum atomic E-state index is -1.62. The molecule has 0 fully saturated rings. The number of nitrogens with one attached hydrogen (secondary N) is 1. The lowest BCUT2D eigenvalue weighted by Crippen LogP contribution is -2.42. The fourth-order valence-corrected chi connectivity index (χ4v) is 2.95. The molecule has 2 aromatic carbocycles. The first kappa shape index (κ1) is 13.7. The number of aromatic amines is 1. The maximum absolute atomic E-state index is 12.5. The van der Waals surface area contributed by atoms with Gasteiger partial charge in [0.2, 0.25) is 0 Å². The Labute approximate surface area is 133 Å². The number of aliphatic hydroxyl groups is 1. The largest absolute Gasteiger partial charge is 0.373 e. The van der Waals surface area contributed by atoms with E-state index >= 15 is 0 Å². The summed E-state index contributed by atoms with van der Waals surface area (Å²) in [5.41, 5.74) is 0.919. The van der Waals surface area contributed by atoms with Crippen LogP contribution in [-0.2, 0) is 10.4 Å². The molecule has 0 bridgehead atoms. The summed E-state index contributed by atoms with van der Waals surface area (Å²) < 4.78 is 0. The molecule has 3 nitrogen and oxygen atoms in total. The Morgan fingerprint density at radius 2 is 1.57 bits per heavy atom. The lowest BCUT2D eigenvalue weighted by molar-refractivity contribution is -0.125. The van der Waals surface area contributed by atoms with Gasteiger partial charge < -0.3 is 10.1 Å². The third-order valence-corrected chi connectivity index (χ3v) is 4.19. The van der Waals surface area contributed by atoms with E-state index in [2.05, 4.69) is 4.98 Å². The highest BCUT2D eigenvalue weighted by Gasteiger charge is 2.35. The van der Waals surface area contributed by atoms with Gasteiger partial charge in [-0.05, 0) is 29.3 Å². The number of Topliss-reactive ketones (excluding diaryl/α,β-unsaturated/α-hetero) is 1. The van der Waals surface area contributed by atoms with Crippen LogP contribution >= 0.6 is 0 Å². The van der Waals surface area contributed by atoms with Crippen LogP contribution < -0.4 is 10.6 Å². The van der Waals surface area contributed by atoms with E-state index in [-0.39, 0.29) is 5.78 Å². The second-order valence-electron chi connectivity index (χ2n) is 5.70. The molecule has 1 aliphatic carbocycles. The summed E-state index contributed by atoms with van der Waals surface area (Å²) in [6.07, 6.45) is 3.11. The average molecular weight is 301 g/mol. The predicted molar refractivity (Wildman–Crippen MR) is 89.8 cm³/mol. The normalized spacial score (nSPS) is 19.6. The summed E-state index contributed by atoms with van der Waals surface area (Å²) >= 11 is 0. The molecule has 1 aliphatic rings. The van der Waals surface area contributed by atoms with E-state index in [4.69, 9.17) is 0 Å². The number of hydrogen-bond acceptors (Lipinski definition) is 2. The third kappa shape index (κ3) is 2.22. The molecule has 4 rings (SSSR count). The second kappa shape index (κ2) is 5.07. The fourth-order valence-electron chi connectivity index (χ4n) is 2.95. The van der Waals surface area contributed by atoms with Crippen LogP contribution in [0.5, 0.6) is 0 Å². The van der Waals surface area contributed by atoms with Gasteiger partial charge in [0.25, 0.3) is 0 Å². The van der Waals surface area contributed by atoms with Gasteiger partial charge in [0, 0.05) is 16.3 Å². The number of ketones is 1. The van der Waals surface area contributed by atoms with Crippen LogP contribution in [0.25, 0.3) is 23.4 Å². The molecule has 0 amide bonds. The van der Waals surface area contributed by atoms with E-state index in [0.29, 0.717) is 5.56 Å². The van der Waals surface area contributed by atoms with Gasteiger partial charge in [-0.3, -0.25) is 4.79 Å². The summed E-state index contributed by atoms with van der Waals surface area (Å²) in [5.74, 6) is -0.324. The van der Waals surface area contributed by atoms with Crippen LogP contribution in [0.3, 0.4) is 0 Å². The van der Waals surface area contributed by atoms with Crippen molar-refractivity contribution in [2.75, 3.05) is 0 Å². The third-order valence-electron chi connectivity index (χ3n) is 4.19. The maximum atomic E-state index is 12.5.